The number of nitrogens with one attached hydrogen (secondary N) is 1. The van der Waals surface area contributed by atoms with E-state index in [0.29, 0.717) is 0 Å². The second kappa shape index (κ2) is 5.03. The first-order valence-corrected chi connectivity index (χ1v) is 2.63. The third-order valence-electron chi connectivity index (χ3n) is 0.680. The van der Waals surface area contributed by atoms with E-state index >= 15 is 0 Å². The molecular weight excluding hydrogens is 106 g/mol. The van der Waals surface area contributed by atoms with Crippen LogP contribution in [0.2, 0.25) is 0 Å². The summed E-state index contributed by atoms with van der Waals surface area (Å²) in [5.41, 5.74) is 0. The quantitative estimate of drug-likeness (QED) is 0.331. The SMILES string of the molecule is [CH2]CCNCC(O)O. The Kier molecular flexibility index (Phi) is 4.95. The molecule has 3 N–H and O–H groups in total. The normalized spacial score (nSPS) is 10.5. The Labute approximate surface area is 49.3 Å². The molecule has 3 heteroatoms. The molecule has 0 aromatic carbocycles. The Balaban J connectivity index is 2.72. The van der Waals surface area contributed by atoms with Crippen molar-refractivity contribution in [3.05, 3.63) is 6.92 Å². The maximum absolute atomic E-state index is 8.25. The summed E-state index contributed by atoms with van der Waals surface area (Å²) in [4.78, 5) is 0. The predicted octanol–water partition coefficient (Wildman–Crippen LogP) is -0.889. The molecule has 0 aromatic rings. The maximum Gasteiger partial charge on any atom is 0.164 e. The molecule has 0 atom stereocenters. The van der Waals surface area contributed by atoms with E-state index in [0.717, 1.165) is 13.0 Å². The Morgan fingerprint density at radius 3 is 2.50 bits per heavy atom. The average Bonchev–Trinajstić information content (AvgIpc) is 1.66. The van der Waals surface area contributed by atoms with Gasteiger partial charge in [-0.2, -0.15) is 0 Å². The van der Waals surface area contributed by atoms with Gasteiger partial charge in [-0.1, -0.05) is 6.92 Å². The predicted molar refractivity (Wildman–Crippen MR) is 31.1 cm³/mol. The lowest BCUT2D eigenvalue weighted by atomic mass is 10.5. The van der Waals surface area contributed by atoms with Gasteiger partial charge < -0.3 is 15.5 Å². The molecule has 0 heterocycles. The first kappa shape index (κ1) is 7.88. The van der Waals surface area contributed by atoms with Crippen LogP contribution in [0.25, 0.3) is 0 Å². The second-order valence-corrected chi connectivity index (χ2v) is 1.54. The van der Waals surface area contributed by atoms with Gasteiger partial charge in [0.25, 0.3) is 0 Å². The van der Waals surface area contributed by atoms with Gasteiger partial charge in [-0.05, 0) is 13.0 Å². The van der Waals surface area contributed by atoms with Crippen molar-refractivity contribution in [2.45, 2.75) is 12.7 Å². The zero-order valence-electron chi connectivity index (χ0n) is 4.80. The lowest BCUT2D eigenvalue weighted by molar-refractivity contribution is -0.0369. The average molecular weight is 118 g/mol. The van der Waals surface area contributed by atoms with E-state index in [1.807, 2.05) is 0 Å². The summed E-state index contributed by atoms with van der Waals surface area (Å²) in [7, 11) is 0. The van der Waals surface area contributed by atoms with Gasteiger partial charge >= 0.3 is 0 Å². The van der Waals surface area contributed by atoms with E-state index in [4.69, 9.17) is 10.2 Å². The monoisotopic (exact) mass is 118 g/mol. The van der Waals surface area contributed by atoms with Crippen LogP contribution in [0.3, 0.4) is 0 Å². The molecule has 0 amide bonds. The fourth-order valence-electron chi connectivity index (χ4n) is 0.356. The van der Waals surface area contributed by atoms with Crippen LogP contribution in [-0.4, -0.2) is 29.6 Å². The number of rotatable bonds is 4. The molecule has 0 unspecified atom stereocenters. The highest BCUT2D eigenvalue weighted by Crippen LogP contribution is 1.71. The zero-order chi connectivity index (χ0) is 6.41. The van der Waals surface area contributed by atoms with Gasteiger partial charge in [0, 0.05) is 6.54 Å². The molecular formula is C5H12NO2. The minimum Gasteiger partial charge on any atom is -0.367 e. The standard InChI is InChI=1S/C5H12NO2/c1-2-3-6-4-5(7)8/h5-8H,1-4H2. The number of hydrogen-bond acceptors (Lipinski definition) is 3. The summed E-state index contributed by atoms with van der Waals surface area (Å²) in [5, 5.41) is 19.3. The van der Waals surface area contributed by atoms with Crippen molar-refractivity contribution in [2.24, 2.45) is 0 Å². The van der Waals surface area contributed by atoms with E-state index in [1.54, 1.807) is 0 Å². The highest BCUT2D eigenvalue weighted by molar-refractivity contribution is 4.48. The summed E-state index contributed by atoms with van der Waals surface area (Å²) < 4.78 is 0. The van der Waals surface area contributed by atoms with Crippen molar-refractivity contribution >= 4 is 0 Å². The zero-order valence-corrected chi connectivity index (χ0v) is 4.80. The summed E-state index contributed by atoms with van der Waals surface area (Å²) >= 11 is 0. The van der Waals surface area contributed by atoms with Crippen molar-refractivity contribution in [1.82, 2.24) is 5.32 Å². The van der Waals surface area contributed by atoms with E-state index in [2.05, 4.69) is 12.2 Å². The van der Waals surface area contributed by atoms with Crippen LogP contribution in [-0.2, 0) is 0 Å². The Morgan fingerprint density at radius 1 is 1.50 bits per heavy atom. The van der Waals surface area contributed by atoms with Gasteiger partial charge in [-0.3, -0.25) is 0 Å². The lowest BCUT2D eigenvalue weighted by Crippen LogP contribution is -2.26. The third kappa shape index (κ3) is 5.88. The van der Waals surface area contributed by atoms with Gasteiger partial charge in [0.05, 0.1) is 0 Å². The largest absolute Gasteiger partial charge is 0.367 e. The van der Waals surface area contributed by atoms with Gasteiger partial charge in [-0.25, -0.2) is 0 Å². The summed E-state index contributed by atoms with van der Waals surface area (Å²) in [6.45, 7) is 4.52. The van der Waals surface area contributed by atoms with Crippen LogP contribution in [0.15, 0.2) is 0 Å². The topological polar surface area (TPSA) is 52.5 Å². The molecule has 0 aliphatic heterocycles. The van der Waals surface area contributed by atoms with Crippen LogP contribution >= 0.6 is 0 Å². The van der Waals surface area contributed by atoms with Crippen LogP contribution in [0.4, 0.5) is 0 Å². The number of aliphatic hydroxyl groups is 2. The summed E-state index contributed by atoms with van der Waals surface area (Å²) in [6.07, 6.45) is -0.464. The van der Waals surface area contributed by atoms with Crippen LogP contribution in [0.5, 0.6) is 0 Å². The van der Waals surface area contributed by atoms with E-state index < -0.39 is 6.29 Å². The molecule has 0 saturated carbocycles. The molecule has 0 rings (SSSR count). The minimum atomic E-state index is -1.23. The molecule has 0 saturated heterocycles. The highest BCUT2D eigenvalue weighted by atomic mass is 16.5. The van der Waals surface area contributed by atoms with Crippen LogP contribution in [0.1, 0.15) is 6.42 Å². The molecule has 0 aromatic heterocycles. The van der Waals surface area contributed by atoms with Gasteiger partial charge in [0.2, 0.25) is 0 Å². The fourth-order valence-corrected chi connectivity index (χ4v) is 0.356. The van der Waals surface area contributed by atoms with Crippen molar-refractivity contribution in [1.29, 1.82) is 0 Å². The van der Waals surface area contributed by atoms with E-state index in [1.165, 1.54) is 0 Å². The molecule has 0 aliphatic carbocycles. The van der Waals surface area contributed by atoms with Crippen molar-refractivity contribution in [2.75, 3.05) is 13.1 Å². The molecule has 0 fully saturated rings. The Morgan fingerprint density at radius 2 is 2.12 bits per heavy atom. The Bertz CT molecular complexity index is 47.7. The maximum atomic E-state index is 8.25. The van der Waals surface area contributed by atoms with E-state index in [9.17, 15) is 0 Å². The van der Waals surface area contributed by atoms with Gasteiger partial charge in [-0.15, -0.1) is 0 Å². The lowest BCUT2D eigenvalue weighted by Gasteiger charge is -2.02. The molecule has 0 bridgehead atoms. The van der Waals surface area contributed by atoms with Gasteiger partial charge in [0.1, 0.15) is 0 Å². The van der Waals surface area contributed by atoms with Crippen molar-refractivity contribution < 1.29 is 10.2 Å². The molecule has 3 nitrogen and oxygen atoms in total. The molecule has 0 spiro atoms. The molecule has 0 aliphatic rings. The van der Waals surface area contributed by atoms with Gasteiger partial charge in [0.15, 0.2) is 6.29 Å². The first-order chi connectivity index (χ1) is 3.77. The number of hydrogen-bond donors (Lipinski definition) is 3. The van der Waals surface area contributed by atoms with Crippen molar-refractivity contribution in [3.8, 4) is 0 Å². The van der Waals surface area contributed by atoms with Crippen LogP contribution in [0, 0.1) is 6.92 Å². The summed E-state index contributed by atoms with van der Waals surface area (Å²) in [5.74, 6) is 0. The van der Waals surface area contributed by atoms with Crippen molar-refractivity contribution in [3.63, 3.8) is 0 Å². The molecule has 49 valence electrons. The smallest absolute Gasteiger partial charge is 0.164 e. The van der Waals surface area contributed by atoms with E-state index in [-0.39, 0.29) is 6.54 Å². The van der Waals surface area contributed by atoms with Crippen LogP contribution < -0.4 is 5.32 Å². The summed E-state index contributed by atoms with van der Waals surface area (Å²) in [6, 6.07) is 0. The first-order valence-electron chi connectivity index (χ1n) is 2.63. The minimum absolute atomic E-state index is 0.232. The second-order valence-electron chi connectivity index (χ2n) is 1.54. The molecule has 8 heavy (non-hydrogen) atoms. The third-order valence-corrected chi connectivity index (χ3v) is 0.680. The highest BCUT2D eigenvalue weighted by Gasteiger charge is 1.91. The number of aliphatic hydroxyl groups excluding tert-OH is 1. The Hall–Kier alpha value is -0.120. The molecule has 1 radical (unpaired) electrons. The fraction of sp³-hybridized carbons (Fsp3) is 0.800.